The highest BCUT2D eigenvalue weighted by Gasteiger charge is 2.10. The molecule has 0 spiro atoms. The van der Waals surface area contributed by atoms with E-state index in [9.17, 15) is 0 Å². The zero-order chi connectivity index (χ0) is 5.11. The fourth-order valence-electron chi connectivity index (χ4n) is 0.888. The number of hydrogen-bond acceptors (Lipinski definition) is 1. The summed E-state index contributed by atoms with van der Waals surface area (Å²) in [6, 6.07) is 0.834. The van der Waals surface area contributed by atoms with Gasteiger partial charge in [-0.15, -0.1) is 12.4 Å². The summed E-state index contributed by atoms with van der Waals surface area (Å²) >= 11 is 2.43. The van der Waals surface area contributed by atoms with Gasteiger partial charge in [0.25, 0.3) is 0 Å². The van der Waals surface area contributed by atoms with Gasteiger partial charge in [-0.3, -0.25) is 0 Å². The van der Waals surface area contributed by atoms with Crippen molar-refractivity contribution >= 4 is 35.0 Å². The molecule has 0 aromatic carbocycles. The molecule has 0 aliphatic carbocycles. The Morgan fingerprint density at radius 2 is 2.38 bits per heavy atom. The zero-order valence-corrected chi connectivity index (χ0v) is 7.67. The van der Waals surface area contributed by atoms with Crippen molar-refractivity contribution in [1.82, 2.24) is 5.32 Å². The maximum Gasteiger partial charge on any atom is 0.0157 e. The Morgan fingerprint density at radius 1 is 1.62 bits per heavy atom. The molecule has 1 rings (SSSR count). The first-order valence-corrected chi connectivity index (χ1v) is 4.25. The Morgan fingerprint density at radius 3 is 2.62 bits per heavy atom. The van der Waals surface area contributed by atoms with Crippen molar-refractivity contribution in [2.45, 2.75) is 18.9 Å². The summed E-state index contributed by atoms with van der Waals surface area (Å²) in [7, 11) is 0. The van der Waals surface area contributed by atoms with E-state index in [1.807, 2.05) is 0 Å². The van der Waals surface area contributed by atoms with Crippen LogP contribution in [0.2, 0.25) is 0 Å². The summed E-state index contributed by atoms with van der Waals surface area (Å²) in [5, 5.41) is 3.40. The van der Waals surface area contributed by atoms with E-state index in [0.717, 1.165) is 6.04 Å². The summed E-state index contributed by atoms with van der Waals surface area (Å²) in [6.45, 7) is 1.24. The lowest BCUT2D eigenvalue weighted by Gasteiger charge is -2.01. The van der Waals surface area contributed by atoms with Crippen LogP contribution in [0, 0.1) is 0 Å². The summed E-state index contributed by atoms with van der Waals surface area (Å²) < 4.78 is 1.28. The van der Waals surface area contributed by atoms with Crippen LogP contribution in [-0.2, 0) is 0 Å². The highest BCUT2D eigenvalue weighted by atomic mass is 127. The van der Waals surface area contributed by atoms with Gasteiger partial charge in [0.2, 0.25) is 0 Å². The van der Waals surface area contributed by atoms with Crippen molar-refractivity contribution in [2.75, 3.05) is 11.0 Å². The van der Waals surface area contributed by atoms with Gasteiger partial charge >= 0.3 is 0 Å². The molecule has 0 saturated carbocycles. The van der Waals surface area contributed by atoms with Crippen LogP contribution in [0.15, 0.2) is 0 Å². The van der Waals surface area contributed by atoms with Crippen LogP contribution in [0.4, 0.5) is 0 Å². The first kappa shape index (κ1) is 8.98. The third-order valence-corrected chi connectivity index (χ3v) is 2.41. The van der Waals surface area contributed by atoms with Crippen LogP contribution in [-0.4, -0.2) is 17.0 Å². The maximum absolute atomic E-state index is 3.40. The molecule has 1 atom stereocenters. The average Bonchev–Trinajstić information content (AvgIpc) is 2.14. The van der Waals surface area contributed by atoms with Crippen LogP contribution in [0.25, 0.3) is 0 Å². The third kappa shape index (κ3) is 2.51. The molecule has 1 fully saturated rings. The van der Waals surface area contributed by atoms with E-state index in [1.54, 1.807) is 0 Å². The summed E-state index contributed by atoms with van der Waals surface area (Å²) in [6.07, 6.45) is 2.77. The SMILES string of the molecule is Cl.IC[C@@H]1CCCN1. The molecule has 1 nitrogen and oxygen atoms in total. The van der Waals surface area contributed by atoms with Gasteiger partial charge in [-0.1, -0.05) is 22.6 Å². The van der Waals surface area contributed by atoms with Gasteiger partial charge in [0.05, 0.1) is 0 Å². The molecule has 50 valence electrons. The standard InChI is InChI=1S/C5H10IN.ClH/c6-4-5-2-1-3-7-5;/h5,7H,1-4H2;1H/t5-;/m0./s1. The van der Waals surface area contributed by atoms with E-state index in [-0.39, 0.29) is 12.4 Å². The fourth-order valence-corrected chi connectivity index (χ4v) is 1.64. The molecular formula is C5H11ClIN. The van der Waals surface area contributed by atoms with Crippen LogP contribution < -0.4 is 5.32 Å². The summed E-state index contributed by atoms with van der Waals surface area (Å²) in [5.41, 5.74) is 0. The second kappa shape index (κ2) is 4.82. The molecule has 0 unspecified atom stereocenters. The highest BCUT2D eigenvalue weighted by Crippen LogP contribution is 2.06. The van der Waals surface area contributed by atoms with Crippen molar-refractivity contribution < 1.29 is 0 Å². The van der Waals surface area contributed by atoms with Crippen molar-refractivity contribution in [3.8, 4) is 0 Å². The number of rotatable bonds is 1. The number of halogens is 2. The molecule has 1 N–H and O–H groups in total. The molecule has 1 heterocycles. The first-order chi connectivity index (χ1) is 3.43. The normalized spacial score (nSPS) is 27.4. The van der Waals surface area contributed by atoms with Gasteiger partial charge in [0.15, 0.2) is 0 Å². The number of hydrogen-bond donors (Lipinski definition) is 1. The minimum absolute atomic E-state index is 0. The van der Waals surface area contributed by atoms with Gasteiger partial charge < -0.3 is 5.32 Å². The predicted molar refractivity (Wildman–Crippen MR) is 47.2 cm³/mol. The highest BCUT2D eigenvalue weighted by molar-refractivity contribution is 14.1. The second-order valence-corrected chi connectivity index (χ2v) is 2.83. The Bertz CT molecular complexity index is 54.4. The Kier molecular flexibility index (Phi) is 5.41. The van der Waals surface area contributed by atoms with E-state index < -0.39 is 0 Å². The molecule has 1 aliphatic heterocycles. The number of nitrogens with one attached hydrogen (secondary N) is 1. The smallest absolute Gasteiger partial charge is 0.0157 e. The summed E-state index contributed by atoms with van der Waals surface area (Å²) in [4.78, 5) is 0. The zero-order valence-electron chi connectivity index (χ0n) is 4.69. The lowest BCUT2D eigenvalue weighted by atomic mass is 10.3. The van der Waals surface area contributed by atoms with E-state index >= 15 is 0 Å². The first-order valence-electron chi connectivity index (χ1n) is 2.73. The van der Waals surface area contributed by atoms with E-state index in [0.29, 0.717) is 0 Å². The largest absolute Gasteiger partial charge is 0.313 e. The third-order valence-electron chi connectivity index (χ3n) is 1.35. The lowest BCUT2D eigenvalue weighted by molar-refractivity contribution is 0.682. The Balaban J connectivity index is 0.000000490. The van der Waals surface area contributed by atoms with Crippen LogP contribution >= 0.6 is 35.0 Å². The molecule has 0 aromatic heterocycles. The lowest BCUT2D eigenvalue weighted by Crippen LogP contribution is -2.21. The minimum Gasteiger partial charge on any atom is -0.313 e. The van der Waals surface area contributed by atoms with Crippen molar-refractivity contribution in [3.05, 3.63) is 0 Å². The molecule has 0 bridgehead atoms. The second-order valence-electron chi connectivity index (χ2n) is 1.95. The molecule has 0 aromatic rings. The minimum atomic E-state index is 0. The van der Waals surface area contributed by atoms with E-state index in [2.05, 4.69) is 27.9 Å². The Hall–Kier alpha value is 0.980. The predicted octanol–water partition coefficient (Wildman–Crippen LogP) is 1.60. The van der Waals surface area contributed by atoms with Crippen molar-refractivity contribution in [1.29, 1.82) is 0 Å². The van der Waals surface area contributed by atoms with Gasteiger partial charge in [0, 0.05) is 10.5 Å². The van der Waals surface area contributed by atoms with E-state index in [4.69, 9.17) is 0 Å². The fraction of sp³-hybridized carbons (Fsp3) is 1.00. The van der Waals surface area contributed by atoms with Gasteiger partial charge in [-0.2, -0.15) is 0 Å². The Labute approximate surface area is 70.2 Å². The molecule has 0 radical (unpaired) electrons. The average molecular weight is 248 g/mol. The number of alkyl halides is 1. The van der Waals surface area contributed by atoms with Crippen LogP contribution in [0.5, 0.6) is 0 Å². The molecular weight excluding hydrogens is 236 g/mol. The monoisotopic (exact) mass is 247 g/mol. The molecule has 3 heteroatoms. The van der Waals surface area contributed by atoms with Gasteiger partial charge in [-0.05, 0) is 19.4 Å². The molecule has 8 heavy (non-hydrogen) atoms. The topological polar surface area (TPSA) is 12.0 Å². The maximum atomic E-state index is 3.40. The van der Waals surface area contributed by atoms with Crippen molar-refractivity contribution in [3.63, 3.8) is 0 Å². The molecule has 1 aliphatic rings. The van der Waals surface area contributed by atoms with E-state index in [1.165, 1.54) is 23.8 Å². The van der Waals surface area contributed by atoms with Gasteiger partial charge in [-0.25, -0.2) is 0 Å². The molecule has 0 amide bonds. The van der Waals surface area contributed by atoms with Crippen LogP contribution in [0.1, 0.15) is 12.8 Å². The quantitative estimate of drug-likeness (QED) is 0.548. The van der Waals surface area contributed by atoms with Gasteiger partial charge in [0.1, 0.15) is 0 Å². The summed E-state index contributed by atoms with van der Waals surface area (Å²) in [5.74, 6) is 0. The van der Waals surface area contributed by atoms with Crippen LogP contribution in [0.3, 0.4) is 0 Å². The molecule has 1 saturated heterocycles. The van der Waals surface area contributed by atoms with Crippen molar-refractivity contribution in [2.24, 2.45) is 0 Å².